The minimum atomic E-state index is -3.55. The summed E-state index contributed by atoms with van der Waals surface area (Å²) in [7, 11) is -3.55. The van der Waals surface area contributed by atoms with Gasteiger partial charge in [0.15, 0.2) is 0 Å². The van der Waals surface area contributed by atoms with Crippen molar-refractivity contribution < 1.29 is 13.2 Å². The van der Waals surface area contributed by atoms with E-state index in [1.807, 2.05) is 20.8 Å². The number of rotatable bonds is 6. The third-order valence-electron chi connectivity index (χ3n) is 4.77. The molecule has 1 aromatic carbocycles. The number of benzene rings is 1. The van der Waals surface area contributed by atoms with E-state index in [4.69, 9.17) is 0 Å². The highest BCUT2D eigenvalue weighted by molar-refractivity contribution is 7.89. The number of hydrogen-bond donors (Lipinski definition) is 1. The van der Waals surface area contributed by atoms with Crippen LogP contribution in [0.4, 0.5) is 0 Å². The Morgan fingerprint density at radius 3 is 2.62 bits per heavy atom. The maximum atomic E-state index is 12.9. The van der Waals surface area contributed by atoms with Crippen LogP contribution < -0.4 is 5.32 Å². The Hall–Kier alpha value is -1.40. The summed E-state index contributed by atoms with van der Waals surface area (Å²) in [6.45, 7) is 6.54. The van der Waals surface area contributed by atoms with E-state index in [0.29, 0.717) is 12.1 Å². The first-order valence-corrected chi connectivity index (χ1v) is 10.3. The van der Waals surface area contributed by atoms with Crippen LogP contribution in [0.3, 0.4) is 0 Å². The SMILES string of the molecule is CCC(CC)NC(=O)c1cccc(S(=O)(=O)N2CCCCC2C)c1. The second kappa shape index (κ2) is 8.12. The highest BCUT2D eigenvalue weighted by Crippen LogP contribution is 2.25. The van der Waals surface area contributed by atoms with Crippen molar-refractivity contribution in [3.05, 3.63) is 29.8 Å². The maximum absolute atomic E-state index is 12.9. The van der Waals surface area contributed by atoms with Crippen LogP contribution >= 0.6 is 0 Å². The first kappa shape index (κ1) is 18.9. The quantitative estimate of drug-likeness (QED) is 0.855. The van der Waals surface area contributed by atoms with Crippen LogP contribution in [0.1, 0.15) is 63.2 Å². The van der Waals surface area contributed by atoms with Gasteiger partial charge in [0.25, 0.3) is 5.91 Å². The fourth-order valence-corrected chi connectivity index (χ4v) is 4.87. The minimum Gasteiger partial charge on any atom is -0.349 e. The van der Waals surface area contributed by atoms with Gasteiger partial charge < -0.3 is 5.32 Å². The second-order valence-corrected chi connectivity index (χ2v) is 8.37. The molecule has 1 fully saturated rings. The average molecular weight is 353 g/mol. The van der Waals surface area contributed by atoms with Crippen molar-refractivity contribution in [2.75, 3.05) is 6.54 Å². The fourth-order valence-electron chi connectivity index (χ4n) is 3.12. The minimum absolute atomic E-state index is 0.00537. The molecule has 0 aromatic heterocycles. The van der Waals surface area contributed by atoms with Crippen LogP contribution in [0.5, 0.6) is 0 Å². The van der Waals surface area contributed by atoms with Gasteiger partial charge in [0, 0.05) is 24.2 Å². The number of piperidine rings is 1. The summed E-state index contributed by atoms with van der Waals surface area (Å²) in [4.78, 5) is 12.6. The van der Waals surface area contributed by atoms with Gasteiger partial charge in [-0.2, -0.15) is 4.31 Å². The molecule has 1 heterocycles. The zero-order valence-corrected chi connectivity index (χ0v) is 15.6. The van der Waals surface area contributed by atoms with Crippen LogP contribution in [-0.4, -0.2) is 37.3 Å². The van der Waals surface area contributed by atoms with E-state index in [-0.39, 0.29) is 22.9 Å². The van der Waals surface area contributed by atoms with Gasteiger partial charge in [-0.3, -0.25) is 4.79 Å². The molecule has 1 aromatic rings. The molecule has 1 N–H and O–H groups in total. The topological polar surface area (TPSA) is 66.5 Å². The second-order valence-electron chi connectivity index (χ2n) is 6.48. The van der Waals surface area contributed by atoms with E-state index in [0.717, 1.165) is 32.1 Å². The highest BCUT2D eigenvalue weighted by Gasteiger charge is 2.31. The number of amides is 1. The lowest BCUT2D eigenvalue weighted by atomic mass is 10.1. The van der Waals surface area contributed by atoms with Gasteiger partial charge in [0.1, 0.15) is 0 Å². The van der Waals surface area contributed by atoms with Crippen LogP contribution in [0.2, 0.25) is 0 Å². The molecule has 1 amide bonds. The average Bonchev–Trinajstić information content (AvgIpc) is 2.59. The fraction of sp³-hybridized carbons (Fsp3) is 0.611. The van der Waals surface area contributed by atoms with Crippen molar-refractivity contribution >= 4 is 15.9 Å². The van der Waals surface area contributed by atoms with Gasteiger partial charge in [-0.15, -0.1) is 0 Å². The van der Waals surface area contributed by atoms with Crippen molar-refractivity contribution in [3.63, 3.8) is 0 Å². The molecule has 0 radical (unpaired) electrons. The predicted molar refractivity (Wildman–Crippen MR) is 95.5 cm³/mol. The van der Waals surface area contributed by atoms with Crippen LogP contribution in [0.15, 0.2) is 29.2 Å². The lowest BCUT2D eigenvalue weighted by Crippen LogP contribution is -2.42. The molecule has 0 spiro atoms. The lowest BCUT2D eigenvalue weighted by Gasteiger charge is -2.32. The van der Waals surface area contributed by atoms with Gasteiger partial charge in [0.2, 0.25) is 10.0 Å². The van der Waals surface area contributed by atoms with E-state index < -0.39 is 10.0 Å². The standard InChI is InChI=1S/C18H28N2O3S/c1-4-16(5-2)19-18(21)15-10-8-11-17(13-15)24(22,23)20-12-7-6-9-14(20)3/h8,10-11,13-14,16H,4-7,9,12H2,1-3H3,(H,19,21). The molecular formula is C18H28N2O3S. The molecule has 134 valence electrons. The molecule has 0 bridgehead atoms. The summed E-state index contributed by atoms with van der Waals surface area (Å²) in [6.07, 6.45) is 4.54. The zero-order chi connectivity index (χ0) is 17.7. The largest absolute Gasteiger partial charge is 0.349 e. The first-order valence-electron chi connectivity index (χ1n) is 8.82. The molecule has 5 nitrogen and oxygen atoms in total. The van der Waals surface area contributed by atoms with Gasteiger partial charge in [-0.1, -0.05) is 26.3 Å². The van der Waals surface area contributed by atoms with Gasteiger partial charge >= 0.3 is 0 Å². The van der Waals surface area contributed by atoms with Crippen molar-refractivity contribution in [1.82, 2.24) is 9.62 Å². The van der Waals surface area contributed by atoms with E-state index in [1.54, 1.807) is 22.5 Å². The van der Waals surface area contributed by atoms with Crippen molar-refractivity contribution in [3.8, 4) is 0 Å². The van der Waals surface area contributed by atoms with E-state index >= 15 is 0 Å². The summed E-state index contributed by atoms with van der Waals surface area (Å²) < 4.78 is 27.4. The molecule has 1 atom stereocenters. The monoisotopic (exact) mass is 352 g/mol. The molecule has 2 rings (SSSR count). The Morgan fingerprint density at radius 1 is 1.29 bits per heavy atom. The van der Waals surface area contributed by atoms with Crippen LogP contribution in [-0.2, 0) is 10.0 Å². The zero-order valence-electron chi connectivity index (χ0n) is 14.8. The Morgan fingerprint density at radius 2 is 2.00 bits per heavy atom. The van der Waals surface area contributed by atoms with Crippen LogP contribution in [0, 0.1) is 0 Å². The summed E-state index contributed by atoms with van der Waals surface area (Å²) in [5, 5.41) is 2.95. The summed E-state index contributed by atoms with van der Waals surface area (Å²) in [5.41, 5.74) is 0.396. The highest BCUT2D eigenvalue weighted by atomic mass is 32.2. The predicted octanol–water partition coefficient (Wildman–Crippen LogP) is 3.17. The number of carbonyl (C=O) groups is 1. The molecule has 1 aliphatic rings. The normalized spacial score (nSPS) is 19.4. The number of nitrogens with one attached hydrogen (secondary N) is 1. The van der Waals surface area contributed by atoms with Gasteiger partial charge in [-0.25, -0.2) is 8.42 Å². The number of sulfonamides is 1. The molecule has 1 aliphatic heterocycles. The summed E-state index contributed by atoms with van der Waals surface area (Å²) >= 11 is 0. The Balaban J connectivity index is 2.24. The molecule has 24 heavy (non-hydrogen) atoms. The van der Waals surface area contributed by atoms with E-state index in [9.17, 15) is 13.2 Å². The molecule has 6 heteroatoms. The van der Waals surface area contributed by atoms with Gasteiger partial charge in [0.05, 0.1) is 4.90 Å². The molecule has 0 aliphatic carbocycles. The number of hydrogen-bond acceptors (Lipinski definition) is 3. The summed E-state index contributed by atoms with van der Waals surface area (Å²) in [5.74, 6) is -0.215. The molecule has 1 saturated heterocycles. The Kier molecular flexibility index (Phi) is 6.40. The van der Waals surface area contributed by atoms with Gasteiger partial charge in [-0.05, 0) is 50.8 Å². The van der Waals surface area contributed by atoms with E-state index in [2.05, 4.69) is 5.32 Å². The van der Waals surface area contributed by atoms with Crippen molar-refractivity contribution in [2.24, 2.45) is 0 Å². The molecular weight excluding hydrogens is 324 g/mol. The van der Waals surface area contributed by atoms with Crippen molar-refractivity contribution in [1.29, 1.82) is 0 Å². The first-order chi connectivity index (χ1) is 11.4. The maximum Gasteiger partial charge on any atom is 0.251 e. The van der Waals surface area contributed by atoms with Crippen LogP contribution in [0.25, 0.3) is 0 Å². The Bertz CT molecular complexity index is 669. The number of carbonyl (C=O) groups excluding carboxylic acids is 1. The Labute approximate surface area is 145 Å². The van der Waals surface area contributed by atoms with E-state index in [1.165, 1.54) is 6.07 Å². The summed E-state index contributed by atoms with van der Waals surface area (Å²) in [6, 6.07) is 6.49. The lowest BCUT2D eigenvalue weighted by molar-refractivity contribution is 0.0934. The molecule has 0 saturated carbocycles. The third-order valence-corrected chi connectivity index (χ3v) is 6.78. The smallest absolute Gasteiger partial charge is 0.251 e. The molecule has 1 unspecified atom stereocenters. The third kappa shape index (κ3) is 4.16. The number of nitrogens with zero attached hydrogens (tertiary/aromatic N) is 1. The van der Waals surface area contributed by atoms with Crippen molar-refractivity contribution in [2.45, 2.75) is 69.9 Å².